The van der Waals surface area contributed by atoms with Gasteiger partial charge in [-0.05, 0) is 56.2 Å². The summed E-state index contributed by atoms with van der Waals surface area (Å²) in [6.07, 6.45) is 12.7. The van der Waals surface area contributed by atoms with E-state index < -0.39 is 0 Å². The molecule has 4 rings (SSSR count). The third-order valence-electron chi connectivity index (χ3n) is 5.40. The zero-order valence-corrected chi connectivity index (χ0v) is 17.9. The Hall–Kier alpha value is -2.67. The summed E-state index contributed by atoms with van der Waals surface area (Å²) in [7, 11) is 0. The SMILES string of the molecule is Clc1ccccc1C=CC=NNc1nc(N2CCCCC2)nc(N2CCCCC2)n1. The van der Waals surface area contributed by atoms with Gasteiger partial charge in [-0.15, -0.1) is 0 Å². The number of hydrogen-bond acceptors (Lipinski definition) is 7. The molecule has 30 heavy (non-hydrogen) atoms. The number of allylic oxidation sites excluding steroid dienone is 1. The van der Waals surface area contributed by atoms with Gasteiger partial charge < -0.3 is 9.80 Å². The van der Waals surface area contributed by atoms with Crippen molar-refractivity contribution in [3.05, 3.63) is 40.9 Å². The normalized spacial score (nSPS) is 17.8. The Bertz CT molecular complexity index is 851. The first kappa shape index (κ1) is 20.6. The highest BCUT2D eigenvalue weighted by molar-refractivity contribution is 6.32. The van der Waals surface area contributed by atoms with Crippen molar-refractivity contribution in [2.24, 2.45) is 5.10 Å². The molecule has 2 aliphatic rings. The fourth-order valence-corrected chi connectivity index (χ4v) is 3.97. The van der Waals surface area contributed by atoms with Crippen molar-refractivity contribution in [1.82, 2.24) is 15.0 Å². The van der Waals surface area contributed by atoms with Crippen LogP contribution in [0.4, 0.5) is 17.8 Å². The monoisotopic (exact) mass is 425 g/mol. The van der Waals surface area contributed by atoms with Crippen LogP contribution in [-0.4, -0.2) is 47.3 Å². The molecule has 0 amide bonds. The number of piperidine rings is 2. The molecule has 2 aromatic rings. The quantitative estimate of drug-likeness (QED) is 0.538. The van der Waals surface area contributed by atoms with Crippen LogP contribution >= 0.6 is 11.6 Å². The molecule has 0 bridgehead atoms. The molecule has 0 aliphatic carbocycles. The average molecular weight is 426 g/mol. The molecule has 8 heteroatoms. The molecule has 0 radical (unpaired) electrons. The van der Waals surface area contributed by atoms with Crippen LogP contribution in [0.2, 0.25) is 5.02 Å². The molecular weight excluding hydrogens is 398 g/mol. The van der Waals surface area contributed by atoms with Gasteiger partial charge in [-0.3, -0.25) is 0 Å². The van der Waals surface area contributed by atoms with Gasteiger partial charge in [-0.2, -0.15) is 20.1 Å². The molecule has 2 aliphatic heterocycles. The third kappa shape index (κ3) is 5.48. The molecule has 0 unspecified atom stereocenters. The van der Waals surface area contributed by atoms with Gasteiger partial charge in [0.2, 0.25) is 17.8 Å². The summed E-state index contributed by atoms with van der Waals surface area (Å²) in [4.78, 5) is 18.6. The van der Waals surface area contributed by atoms with Crippen LogP contribution in [0.15, 0.2) is 35.4 Å². The Morgan fingerprint density at radius 1 is 0.833 bits per heavy atom. The molecule has 1 aromatic carbocycles. The standard InChI is InChI=1S/C22H28ClN7/c23-19-12-4-3-10-18(19)11-9-13-24-28-20-25-21(29-14-5-1-6-15-29)27-22(26-20)30-16-7-2-8-17-30/h3-4,9-13H,1-2,5-8,14-17H2,(H,25,26,27,28). The molecule has 0 spiro atoms. The highest BCUT2D eigenvalue weighted by Crippen LogP contribution is 2.22. The molecule has 1 aromatic heterocycles. The second-order valence-corrected chi connectivity index (χ2v) is 8.03. The van der Waals surface area contributed by atoms with Gasteiger partial charge in [-0.1, -0.05) is 35.9 Å². The summed E-state index contributed by atoms with van der Waals surface area (Å²) in [5.74, 6) is 1.97. The van der Waals surface area contributed by atoms with E-state index in [1.54, 1.807) is 6.21 Å². The topological polar surface area (TPSA) is 69.5 Å². The lowest BCUT2D eigenvalue weighted by molar-refractivity contribution is 0.556. The van der Waals surface area contributed by atoms with Crippen molar-refractivity contribution in [2.75, 3.05) is 41.4 Å². The minimum absolute atomic E-state index is 0.480. The maximum atomic E-state index is 6.17. The van der Waals surface area contributed by atoms with Crippen LogP contribution in [-0.2, 0) is 0 Å². The average Bonchev–Trinajstić information content (AvgIpc) is 2.81. The van der Waals surface area contributed by atoms with Crippen molar-refractivity contribution in [2.45, 2.75) is 38.5 Å². The number of halogens is 1. The molecular formula is C22H28ClN7. The van der Waals surface area contributed by atoms with Gasteiger partial charge >= 0.3 is 0 Å². The van der Waals surface area contributed by atoms with E-state index in [1.165, 1.54) is 38.5 Å². The minimum atomic E-state index is 0.480. The predicted octanol–water partition coefficient (Wildman–Crippen LogP) is 4.62. The summed E-state index contributed by atoms with van der Waals surface area (Å²) >= 11 is 6.17. The lowest BCUT2D eigenvalue weighted by atomic mass is 10.1. The first-order chi connectivity index (χ1) is 14.8. The maximum absolute atomic E-state index is 6.17. The Kier molecular flexibility index (Phi) is 7.13. The smallest absolute Gasteiger partial charge is 0.250 e. The Morgan fingerprint density at radius 2 is 1.43 bits per heavy atom. The summed E-state index contributed by atoms with van der Waals surface area (Å²) in [5, 5.41) is 4.98. The molecule has 0 atom stereocenters. The highest BCUT2D eigenvalue weighted by Gasteiger charge is 2.20. The number of hydrogen-bond donors (Lipinski definition) is 1. The number of nitrogens with zero attached hydrogens (tertiary/aromatic N) is 6. The fraction of sp³-hybridized carbons (Fsp3) is 0.455. The lowest BCUT2D eigenvalue weighted by Crippen LogP contribution is -2.34. The van der Waals surface area contributed by atoms with E-state index in [-0.39, 0.29) is 0 Å². The van der Waals surface area contributed by atoms with Crippen LogP contribution in [0, 0.1) is 0 Å². The summed E-state index contributed by atoms with van der Waals surface area (Å²) in [6.45, 7) is 3.97. The van der Waals surface area contributed by atoms with Gasteiger partial charge in [0.25, 0.3) is 0 Å². The number of anilines is 3. The van der Waals surface area contributed by atoms with Gasteiger partial charge in [-0.25, -0.2) is 5.43 Å². The Balaban J connectivity index is 1.48. The van der Waals surface area contributed by atoms with Crippen LogP contribution in [0.3, 0.4) is 0 Å². The van der Waals surface area contributed by atoms with E-state index in [9.17, 15) is 0 Å². The number of aromatic nitrogens is 3. The van der Waals surface area contributed by atoms with Crippen LogP contribution < -0.4 is 15.2 Å². The van der Waals surface area contributed by atoms with Crippen molar-refractivity contribution >= 4 is 41.7 Å². The minimum Gasteiger partial charge on any atom is -0.341 e. The highest BCUT2D eigenvalue weighted by atomic mass is 35.5. The molecule has 1 N–H and O–H groups in total. The molecule has 0 saturated carbocycles. The number of hydrazone groups is 1. The second kappa shape index (κ2) is 10.4. The molecule has 2 fully saturated rings. The van der Waals surface area contributed by atoms with E-state index in [2.05, 4.69) is 30.3 Å². The molecule has 7 nitrogen and oxygen atoms in total. The Labute approximate surface area is 182 Å². The van der Waals surface area contributed by atoms with Crippen molar-refractivity contribution in [1.29, 1.82) is 0 Å². The van der Waals surface area contributed by atoms with Gasteiger partial charge in [0, 0.05) is 37.4 Å². The van der Waals surface area contributed by atoms with Crippen LogP contribution in [0.5, 0.6) is 0 Å². The summed E-state index contributed by atoms with van der Waals surface area (Å²) in [5.41, 5.74) is 3.92. The third-order valence-corrected chi connectivity index (χ3v) is 5.74. The number of benzene rings is 1. The first-order valence-corrected chi connectivity index (χ1v) is 11.1. The molecule has 158 valence electrons. The van der Waals surface area contributed by atoms with Crippen molar-refractivity contribution in [3.8, 4) is 0 Å². The zero-order valence-electron chi connectivity index (χ0n) is 17.2. The first-order valence-electron chi connectivity index (χ1n) is 10.8. The molecule has 2 saturated heterocycles. The maximum Gasteiger partial charge on any atom is 0.250 e. The second-order valence-electron chi connectivity index (χ2n) is 7.63. The number of nitrogens with one attached hydrogen (secondary N) is 1. The predicted molar refractivity (Wildman–Crippen MR) is 125 cm³/mol. The largest absolute Gasteiger partial charge is 0.341 e. The van der Waals surface area contributed by atoms with Crippen molar-refractivity contribution < 1.29 is 0 Å². The van der Waals surface area contributed by atoms with Gasteiger partial charge in [0.05, 0.1) is 0 Å². The van der Waals surface area contributed by atoms with E-state index in [1.807, 2.05) is 36.4 Å². The summed E-state index contributed by atoms with van der Waals surface area (Å²) < 4.78 is 0. The van der Waals surface area contributed by atoms with E-state index in [0.29, 0.717) is 11.0 Å². The number of rotatable bonds is 6. The van der Waals surface area contributed by atoms with Gasteiger partial charge in [0.1, 0.15) is 0 Å². The van der Waals surface area contributed by atoms with E-state index in [4.69, 9.17) is 16.6 Å². The van der Waals surface area contributed by atoms with Crippen LogP contribution in [0.1, 0.15) is 44.1 Å². The van der Waals surface area contributed by atoms with Crippen LogP contribution in [0.25, 0.3) is 6.08 Å². The zero-order chi connectivity index (χ0) is 20.6. The van der Waals surface area contributed by atoms with E-state index >= 15 is 0 Å². The fourth-order valence-electron chi connectivity index (χ4n) is 3.77. The van der Waals surface area contributed by atoms with E-state index in [0.717, 1.165) is 43.6 Å². The van der Waals surface area contributed by atoms with Gasteiger partial charge in [0.15, 0.2) is 0 Å². The van der Waals surface area contributed by atoms with Crippen molar-refractivity contribution in [3.63, 3.8) is 0 Å². The Morgan fingerprint density at radius 3 is 2.03 bits per heavy atom. The molecule has 3 heterocycles. The lowest BCUT2D eigenvalue weighted by Gasteiger charge is -2.30. The summed E-state index contributed by atoms with van der Waals surface area (Å²) in [6, 6.07) is 7.69.